The Kier molecular flexibility index (Phi) is 4.09. The van der Waals surface area contributed by atoms with Crippen LogP contribution in [0, 0.1) is 0 Å². The zero-order chi connectivity index (χ0) is 14.0. The minimum atomic E-state index is -0.557. The summed E-state index contributed by atoms with van der Waals surface area (Å²) < 4.78 is 0.739. The third-order valence-electron chi connectivity index (χ3n) is 2.92. The largest absolute Gasteiger partial charge is 0.398 e. The second-order valence-corrected chi connectivity index (χ2v) is 5.57. The number of benzene rings is 1. The summed E-state index contributed by atoms with van der Waals surface area (Å²) in [6.45, 7) is 1.66. The van der Waals surface area contributed by atoms with Gasteiger partial charge in [-0.2, -0.15) is 0 Å². The first-order valence-electron chi connectivity index (χ1n) is 6.13. The van der Waals surface area contributed by atoms with E-state index in [4.69, 9.17) is 5.73 Å². The quantitative estimate of drug-likeness (QED) is 0.732. The Morgan fingerprint density at radius 3 is 2.68 bits per heavy atom. The Labute approximate surface area is 120 Å². The van der Waals surface area contributed by atoms with Crippen LogP contribution in [0.4, 0.5) is 5.69 Å². The molecule has 6 heteroatoms. The van der Waals surface area contributed by atoms with E-state index >= 15 is 0 Å². The number of carbonyl (C=O) groups is 2. The summed E-state index contributed by atoms with van der Waals surface area (Å²) in [4.78, 5) is 23.7. The van der Waals surface area contributed by atoms with Crippen molar-refractivity contribution >= 4 is 33.4 Å². The third-order valence-corrected chi connectivity index (χ3v) is 3.64. The van der Waals surface area contributed by atoms with Gasteiger partial charge in [0.1, 0.15) is 6.04 Å². The molecule has 102 valence electrons. The first kappa shape index (κ1) is 13.9. The van der Waals surface area contributed by atoms with Crippen LogP contribution in [0.15, 0.2) is 22.7 Å². The summed E-state index contributed by atoms with van der Waals surface area (Å²) in [6.07, 6.45) is 2.05. The van der Waals surface area contributed by atoms with Gasteiger partial charge in [-0.25, -0.2) is 0 Å². The van der Waals surface area contributed by atoms with Crippen molar-refractivity contribution in [3.05, 3.63) is 28.2 Å². The maximum atomic E-state index is 12.0. The molecule has 0 saturated heterocycles. The molecule has 1 aromatic carbocycles. The van der Waals surface area contributed by atoms with Crippen molar-refractivity contribution in [2.24, 2.45) is 0 Å². The van der Waals surface area contributed by atoms with E-state index in [1.807, 2.05) is 0 Å². The lowest BCUT2D eigenvalue weighted by Crippen LogP contribution is -2.45. The van der Waals surface area contributed by atoms with E-state index in [2.05, 4.69) is 26.6 Å². The first-order chi connectivity index (χ1) is 8.97. The van der Waals surface area contributed by atoms with Crippen LogP contribution in [0.1, 0.15) is 30.1 Å². The first-order valence-corrected chi connectivity index (χ1v) is 6.93. The number of nitrogen functional groups attached to an aromatic ring is 1. The van der Waals surface area contributed by atoms with Crippen LogP contribution in [-0.2, 0) is 4.79 Å². The molecular formula is C13H16BrN3O2. The molecular weight excluding hydrogens is 310 g/mol. The highest BCUT2D eigenvalue weighted by Gasteiger charge is 2.26. The van der Waals surface area contributed by atoms with Crippen LogP contribution in [0.3, 0.4) is 0 Å². The van der Waals surface area contributed by atoms with E-state index < -0.39 is 6.04 Å². The number of halogens is 1. The summed E-state index contributed by atoms with van der Waals surface area (Å²) >= 11 is 3.27. The van der Waals surface area contributed by atoms with Gasteiger partial charge in [0, 0.05) is 21.8 Å². The Bertz CT molecular complexity index is 515. The second-order valence-electron chi connectivity index (χ2n) is 4.71. The van der Waals surface area contributed by atoms with Crippen molar-refractivity contribution in [2.45, 2.75) is 31.8 Å². The number of nitrogens with two attached hydrogens (primary N) is 1. The molecule has 1 atom stereocenters. The lowest BCUT2D eigenvalue weighted by molar-refractivity contribution is -0.122. The van der Waals surface area contributed by atoms with Crippen molar-refractivity contribution in [2.75, 3.05) is 5.73 Å². The summed E-state index contributed by atoms with van der Waals surface area (Å²) in [6, 6.07) is 4.67. The molecule has 0 bridgehead atoms. The molecule has 2 amide bonds. The molecule has 0 spiro atoms. The fraction of sp³-hybridized carbons (Fsp3) is 0.385. The molecule has 1 unspecified atom stereocenters. The minimum absolute atomic E-state index is 0.152. The molecule has 1 aromatic rings. The number of rotatable bonds is 4. The van der Waals surface area contributed by atoms with Crippen LogP contribution in [-0.4, -0.2) is 23.9 Å². The van der Waals surface area contributed by atoms with Crippen molar-refractivity contribution in [1.82, 2.24) is 10.6 Å². The number of amides is 2. The maximum Gasteiger partial charge on any atom is 0.251 e. The van der Waals surface area contributed by atoms with E-state index in [0.29, 0.717) is 11.3 Å². The second kappa shape index (κ2) is 5.61. The van der Waals surface area contributed by atoms with Crippen molar-refractivity contribution < 1.29 is 9.59 Å². The molecule has 0 aromatic heterocycles. The fourth-order valence-corrected chi connectivity index (χ4v) is 1.83. The highest BCUT2D eigenvalue weighted by Crippen LogP contribution is 2.20. The molecule has 5 nitrogen and oxygen atoms in total. The lowest BCUT2D eigenvalue weighted by Gasteiger charge is -2.14. The van der Waals surface area contributed by atoms with E-state index in [-0.39, 0.29) is 17.9 Å². The van der Waals surface area contributed by atoms with Crippen molar-refractivity contribution in [3.8, 4) is 0 Å². The average Bonchev–Trinajstić information content (AvgIpc) is 3.16. The van der Waals surface area contributed by atoms with E-state index in [9.17, 15) is 9.59 Å². The van der Waals surface area contributed by atoms with Crippen LogP contribution in [0.25, 0.3) is 0 Å². The molecule has 1 fully saturated rings. The van der Waals surface area contributed by atoms with Gasteiger partial charge in [0.15, 0.2) is 0 Å². The van der Waals surface area contributed by atoms with Crippen LogP contribution < -0.4 is 16.4 Å². The molecule has 1 aliphatic rings. The predicted molar refractivity (Wildman–Crippen MR) is 76.6 cm³/mol. The summed E-state index contributed by atoms with van der Waals surface area (Å²) in [7, 11) is 0. The molecule has 0 radical (unpaired) electrons. The van der Waals surface area contributed by atoms with Gasteiger partial charge in [-0.15, -0.1) is 0 Å². The van der Waals surface area contributed by atoms with Gasteiger partial charge in [-0.1, -0.05) is 0 Å². The van der Waals surface area contributed by atoms with Gasteiger partial charge in [-0.3, -0.25) is 9.59 Å². The normalized spacial score (nSPS) is 15.7. The van der Waals surface area contributed by atoms with Gasteiger partial charge >= 0.3 is 0 Å². The van der Waals surface area contributed by atoms with Crippen LogP contribution >= 0.6 is 15.9 Å². The monoisotopic (exact) mass is 325 g/mol. The van der Waals surface area contributed by atoms with Gasteiger partial charge in [0.25, 0.3) is 5.91 Å². The molecule has 19 heavy (non-hydrogen) atoms. The molecule has 2 rings (SSSR count). The van der Waals surface area contributed by atoms with Crippen LogP contribution in [0.5, 0.6) is 0 Å². The minimum Gasteiger partial charge on any atom is -0.398 e. The molecule has 0 heterocycles. The summed E-state index contributed by atoms with van der Waals surface area (Å²) in [5.41, 5.74) is 6.64. The molecule has 0 aliphatic heterocycles. The summed E-state index contributed by atoms with van der Waals surface area (Å²) in [5.74, 6) is -0.460. The Hall–Kier alpha value is -1.56. The highest BCUT2D eigenvalue weighted by molar-refractivity contribution is 9.10. The average molecular weight is 326 g/mol. The molecule has 4 N–H and O–H groups in total. The summed E-state index contributed by atoms with van der Waals surface area (Å²) in [5, 5.41) is 5.50. The van der Waals surface area contributed by atoms with Crippen molar-refractivity contribution in [1.29, 1.82) is 0 Å². The Morgan fingerprint density at radius 1 is 1.42 bits per heavy atom. The van der Waals surface area contributed by atoms with Gasteiger partial charge in [0.2, 0.25) is 5.91 Å². The maximum absolute atomic E-state index is 12.0. The Morgan fingerprint density at radius 2 is 2.11 bits per heavy atom. The zero-order valence-corrected chi connectivity index (χ0v) is 12.2. The van der Waals surface area contributed by atoms with Gasteiger partial charge in [0.05, 0.1) is 0 Å². The Balaban J connectivity index is 1.95. The number of carbonyl (C=O) groups excluding carboxylic acids is 2. The van der Waals surface area contributed by atoms with E-state index in [0.717, 1.165) is 17.3 Å². The number of hydrogen-bond acceptors (Lipinski definition) is 3. The van der Waals surface area contributed by atoms with E-state index in [1.165, 1.54) is 0 Å². The number of hydrogen-bond donors (Lipinski definition) is 3. The van der Waals surface area contributed by atoms with Gasteiger partial charge < -0.3 is 16.4 Å². The topological polar surface area (TPSA) is 84.2 Å². The SMILES string of the molecule is CC(NC(=O)c1ccc(Br)c(N)c1)C(=O)NC1CC1. The van der Waals surface area contributed by atoms with E-state index in [1.54, 1.807) is 25.1 Å². The number of anilines is 1. The lowest BCUT2D eigenvalue weighted by atomic mass is 10.1. The highest BCUT2D eigenvalue weighted by atomic mass is 79.9. The van der Waals surface area contributed by atoms with Crippen molar-refractivity contribution in [3.63, 3.8) is 0 Å². The molecule has 1 aliphatic carbocycles. The zero-order valence-electron chi connectivity index (χ0n) is 10.6. The predicted octanol–water partition coefficient (Wildman–Crippen LogP) is 1.43. The molecule has 1 saturated carbocycles. The van der Waals surface area contributed by atoms with Gasteiger partial charge in [-0.05, 0) is 53.9 Å². The fourth-order valence-electron chi connectivity index (χ4n) is 1.58. The van der Waals surface area contributed by atoms with Crippen LogP contribution in [0.2, 0.25) is 0 Å². The number of nitrogens with one attached hydrogen (secondary N) is 2. The third kappa shape index (κ3) is 3.70. The standard InChI is InChI=1S/C13H16BrN3O2/c1-7(12(18)17-9-3-4-9)16-13(19)8-2-5-10(14)11(15)6-8/h2,5-7,9H,3-4,15H2,1H3,(H,16,19)(H,17,18). The smallest absolute Gasteiger partial charge is 0.251 e.